The fourth-order valence-corrected chi connectivity index (χ4v) is 2.60. The third kappa shape index (κ3) is 5.18. The van der Waals surface area contributed by atoms with Crippen LogP contribution in [0, 0.1) is 5.82 Å². The van der Waals surface area contributed by atoms with Gasteiger partial charge in [-0.05, 0) is 31.0 Å². The summed E-state index contributed by atoms with van der Waals surface area (Å²) in [7, 11) is 0. The van der Waals surface area contributed by atoms with Crippen molar-refractivity contribution < 1.29 is 14.0 Å². The van der Waals surface area contributed by atoms with Crippen LogP contribution in [0.5, 0.6) is 0 Å². The van der Waals surface area contributed by atoms with E-state index in [2.05, 4.69) is 16.0 Å². The first-order chi connectivity index (χ1) is 10.5. The Morgan fingerprint density at radius 3 is 2.64 bits per heavy atom. The number of carbonyl (C=O) groups is 2. The Bertz CT molecular complexity index is 548. The lowest BCUT2D eigenvalue weighted by molar-refractivity contribution is -0.115. The summed E-state index contributed by atoms with van der Waals surface area (Å²) >= 11 is 5.63. The molecule has 1 aliphatic rings. The molecule has 0 spiro atoms. The van der Waals surface area contributed by atoms with E-state index in [-0.39, 0.29) is 23.6 Å². The predicted octanol–water partition coefficient (Wildman–Crippen LogP) is 3.05. The van der Waals surface area contributed by atoms with Gasteiger partial charge in [0.25, 0.3) is 0 Å². The molecule has 0 aliphatic heterocycles. The van der Waals surface area contributed by atoms with Gasteiger partial charge in [-0.3, -0.25) is 4.79 Å². The molecule has 0 atom stereocenters. The maximum Gasteiger partial charge on any atom is 0.315 e. The Labute approximate surface area is 133 Å². The van der Waals surface area contributed by atoms with Crippen LogP contribution < -0.4 is 16.0 Å². The second kappa shape index (κ2) is 7.98. The van der Waals surface area contributed by atoms with Gasteiger partial charge in [-0.2, -0.15) is 0 Å². The largest absolute Gasteiger partial charge is 0.335 e. The van der Waals surface area contributed by atoms with Crippen LogP contribution in [-0.2, 0) is 4.79 Å². The maximum atomic E-state index is 13.0. The highest BCUT2D eigenvalue weighted by atomic mass is 35.5. The molecule has 0 saturated heterocycles. The van der Waals surface area contributed by atoms with E-state index in [9.17, 15) is 14.0 Å². The summed E-state index contributed by atoms with van der Waals surface area (Å²) in [6.07, 6.45) is 5.41. The van der Waals surface area contributed by atoms with Crippen LogP contribution >= 0.6 is 11.6 Å². The number of anilines is 1. The van der Waals surface area contributed by atoms with Crippen molar-refractivity contribution in [3.63, 3.8) is 0 Å². The average molecular weight is 328 g/mol. The zero-order valence-corrected chi connectivity index (χ0v) is 12.9. The van der Waals surface area contributed by atoms with Gasteiger partial charge < -0.3 is 16.0 Å². The molecule has 1 aromatic rings. The summed E-state index contributed by atoms with van der Waals surface area (Å²) in [5.74, 6) is -0.953. The van der Waals surface area contributed by atoms with Gasteiger partial charge in [0.05, 0.1) is 11.6 Å². The second-order valence-electron chi connectivity index (χ2n) is 5.34. The number of halogens is 2. The van der Waals surface area contributed by atoms with Crippen molar-refractivity contribution in [1.29, 1.82) is 0 Å². The van der Waals surface area contributed by atoms with Gasteiger partial charge in [0.2, 0.25) is 5.91 Å². The van der Waals surface area contributed by atoms with Crippen molar-refractivity contribution in [1.82, 2.24) is 10.6 Å². The number of benzene rings is 1. The van der Waals surface area contributed by atoms with Gasteiger partial charge in [0.1, 0.15) is 5.82 Å². The molecular formula is C15H19ClFN3O2. The Balaban J connectivity index is 1.72. The highest BCUT2D eigenvalue weighted by Crippen LogP contribution is 2.19. The number of hydrogen-bond acceptors (Lipinski definition) is 2. The molecular weight excluding hydrogens is 309 g/mol. The molecule has 2 rings (SSSR count). The quantitative estimate of drug-likeness (QED) is 0.795. The molecule has 3 amide bonds. The van der Waals surface area contributed by atoms with Crippen molar-refractivity contribution >= 4 is 29.2 Å². The first-order valence-electron chi connectivity index (χ1n) is 7.34. The van der Waals surface area contributed by atoms with Gasteiger partial charge in [0.15, 0.2) is 0 Å². The zero-order chi connectivity index (χ0) is 15.9. The minimum Gasteiger partial charge on any atom is -0.335 e. The summed E-state index contributed by atoms with van der Waals surface area (Å²) in [5, 5.41) is 7.83. The number of urea groups is 1. The van der Waals surface area contributed by atoms with Crippen molar-refractivity contribution in [2.75, 3.05) is 11.9 Å². The summed E-state index contributed by atoms with van der Waals surface area (Å²) in [4.78, 5) is 23.4. The van der Waals surface area contributed by atoms with Gasteiger partial charge in [-0.1, -0.05) is 30.9 Å². The van der Waals surface area contributed by atoms with Crippen LogP contribution in [0.25, 0.3) is 0 Å². The molecule has 22 heavy (non-hydrogen) atoms. The van der Waals surface area contributed by atoms with E-state index in [0.29, 0.717) is 5.69 Å². The SMILES string of the molecule is O=C(CNC(=O)NC1CCCCC1)Nc1ccc(F)c(Cl)c1. The molecule has 1 fully saturated rings. The van der Waals surface area contributed by atoms with Crippen molar-refractivity contribution in [3.8, 4) is 0 Å². The minimum atomic E-state index is -0.551. The molecule has 0 unspecified atom stereocenters. The molecule has 1 aromatic carbocycles. The van der Waals surface area contributed by atoms with Crippen LogP contribution in [-0.4, -0.2) is 24.5 Å². The minimum absolute atomic E-state index is 0.0687. The van der Waals surface area contributed by atoms with Crippen molar-refractivity contribution in [3.05, 3.63) is 29.0 Å². The van der Waals surface area contributed by atoms with Crippen LogP contribution in [0.4, 0.5) is 14.9 Å². The monoisotopic (exact) mass is 327 g/mol. The maximum absolute atomic E-state index is 13.0. The predicted molar refractivity (Wildman–Crippen MR) is 83.4 cm³/mol. The third-order valence-electron chi connectivity index (χ3n) is 3.55. The van der Waals surface area contributed by atoms with E-state index in [1.54, 1.807) is 0 Å². The topological polar surface area (TPSA) is 70.2 Å². The Morgan fingerprint density at radius 1 is 1.23 bits per heavy atom. The normalized spacial score (nSPS) is 15.2. The van der Waals surface area contributed by atoms with Crippen LogP contribution in [0.2, 0.25) is 5.02 Å². The lowest BCUT2D eigenvalue weighted by Crippen LogP contribution is -2.45. The number of amides is 3. The molecule has 0 heterocycles. The standard InChI is InChI=1S/C15H19ClFN3O2/c16-12-8-11(6-7-13(12)17)19-14(21)9-18-15(22)20-10-4-2-1-3-5-10/h6-8,10H,1-5,9H2,(H,19,21)(H2,18,20,22). The lowest BCUT2D eigenvalue weighted by atomic mass is 9.96. The van der Waals surface area contributed by atoms with E-state index in [1.165, 1.54) is 24.6 Å². The summed E-state index contributed by atoms with van der Waals surface area (Å²) in [5.41, 5.74) is 0.380. The first-order valence-corrected chi connectivity index (χ1v) is 7.71. The fourth-order valence-electron chi connectivity index (χ4n) is 2.42. The number of nitrogens with one attached hydrogen (secondary N) is 3. The summed E-state index contributed by atoms with van der Waals surface area (Å²) < 4.78 is 13.0. The summed E-state index contributed by atoms with van der Waals surface area (Å²) in [6.45, 7) is -0.159. The molecule has 120 valence electrons. The molecule has 0 aromatic heterocycles. The Kier molecular flexibility index (Phi) is 6.00. The van der Waals surface area contributed by atoms with Crippen LogP contribution in [0.15, 0.2) is 18.2 Å². The van der Waals surface area contributed by atoms with Crippen LogP contribution in [0.3, 0.4) is 0 Å². The van der Waals surface area contributed by atoms with E-state index in [4.69, 9.17) is 11.6 Å². The highest BCUT2D eigenvalue weighted by molar-refractivity contribution is 6.31. The van der Waals surface area contributed by atoms with Crippen molar-refractivity contribution in [2.24, 2.45) is 0 Å². The summed E-state index contributed by atoms with van der Waals surface area (Å²) in [6, 6.07) is 3.73. The Hall–Kier alpha value is -1.82. The fraction of sp³-hybridized carbons (Fsp3) is 0.467. The lowest BCUT2D eigenvalue weighted by Gasteiger charge is -2.22. The Morgan fingerprint density at radius 2 is 1.95 bits per heavy atom. The highest BCUT2D eigenvalue weighted by Gasteiger charge is 2.15. The third-order valence-corrected chi connectivity index (χ3v) is 3.84. The van der Waals surface area contributed by atoms with E-state index >= 15 is 0 Å². The van der Waals surface area contributed by atoms with E-state index in [0.717, 1.165) is 25.7 Å². The molecule has 3 N–H and O–H groups in total. The average Bonchev–Trinajstić information content (AvgIpc) is 2.50. The van der Waals surface area contributed by atoms with Gasteiger partial charge in [0, 0.05) is 11.7 Å². The van der Waals surface area contributed by atoms with Crippen molar-refractivity contribution in [2.45, 2.75) is 38.1 Å². The number of carbonyl (C=O) groups excluding carboxylic acids is 2. The smallest absolute Gasteiger partial charge is 0.315 e. The molecule has 5 nitrogen and oxygen atoms in total. The first kappa shape index (κ1) is 16.5. The molecule has 1 saturated carbocycles. The van der Waals surface area contributed by atoms with Gasteiger partial charge in [-0.15, -0.1) is 0 Å². The van der Waals surface area contributed by atoms with Gasteiger partial charge in [-0.25, -0.2) is 9.18 Å². The van der Waals surface area contributed by atoms with Crippen LogP contribution in [0.1, 0.15) is 32.1 Å². The molecule has 7 heteroatoms. The van der Waals surface area contributed by atoms with E-state index in [1.807, 2.05) is 0 Å². The number of hydrogen-bond donors (Lipinski definition) is 3. The van der Waals surface area contributed by atoms with Gasteiger partial charge >= 0.3 is 6.03 Å². The second-order valence-corrected chi connectivity index (χ2v) is 5.75. The molecule has 1 aliphatic carbocycles. The zero-order valence-electron chi connectivity index (χ0n) is 12.1. The molecule has 0 bridgehead atoms. The molecule has 0 radical (unpaired) electrons. The number of rotatable bonds is 4. The van der Waals surface area contributed by atoms with E-state index < -0.39 is 11.7 Å².